The minimum Gasteiger partial charge on any atom is -0.469 e. The van der Waals surface area contributed by atoms with E-state index in [-0.39, 0.29) is 17.9 Å². The maximum absolute atomic E-state index is 11.3. The lowest BCUT2D eigenvalue weighted by Crippen LogP contribution is -2.40. The standard InChI is InChI=1S/C11H15BrN4O2/c1-18-11(17)6-2-7(3-6)16-10-8(4-12)9(13)14-5-15-10/h5-7H,2-4H2,1H3,(H3,13,14,15,16). The van der Waals surface area contributed by atoms with Gasteiger partial charge in [0.05, 0.1) is 13.0 Å². The first kappa shape index (κ1) is 13.1. The number of aromatic nitrogens is 2. The summed E-state index contributed by atoms with van der Waals surface area (Å²) in [4.78, 5) is 19.4. The molecule has 0 bridgehead atoms. The number of nitrogens with one attached hydrogen (secondary N) is 1. The molecule has 1 aliphatic rings. The molecule has 0 aliphatic heterocycles. The zero-order valence-corrected chi connectivity index (χ0v) is 11.6. The largest absolute Gasteiger partial charge is 0.469 e. The number of alkyl halides is 1. The zero-order chi connectivity index (χ0) is 13.1. The Kier molecular flexibility index (Phi) is 4.00. The topological polar surface area (TPSA) is 90.1 Å². The molecular formula is C11H15BrN4O2. The number of esters is 1. The van der Waals surface area contributed by atoms with E-state index >= 15 is 0 Å². The Morgan fingerprint density at radius 3 is 2.94 bits per heavy atom. The molecule has 0 spiro atoms. The maximum atomic E-state index is 11.3. The molecule has 1 heterocycles. The number of hydrogen-bond donors (Lipinski definition) is 2. The second-order valence-electron chi connectivity index (χ2n) is 4.25. The van der Waals surface area contributed by atoms with Gasteiger partial charge in [-0.25, -0.2) is 9.97 Å². The fraction of sp³-hybridized carbons (Fsp3) is 0.545. The van der Waals surface area contributed by atoms with Gasteiger partial charge in [0.25, 0.3) is 0 Å². The minimum absolute atomic E-state index is 0.000829. The van der Waals surface area contributed by atoms with Gasteiger partial charge in [0.15, 0.2) is 0 Å². The van der Waals surface area contributed by atoms with Crippen molar-refractivity contribution >= 4 is 33.5 Å². The van der Waals surface area contributed by atoms with E-state index in [0.717, 1.165) is 24.2 Å². The highest BCUT2D eigenvalue weighted by atomic mass is 79.9. The van der Waals surface area contributed by atoms with E-state index in [1.165, 1.54) is 13.4 Å². The summed E-state index contributed by atoms with van der Waals surface area (Å²) in [5, 5.41) is 3.87. The number of methoxy groups -OCH3 is 1. The fourth-order valence-electron chi connectivity index (χ4n) is 1.97. The highest BCUT2D eigenvalue weighted by Gasteiger charge is 2.35. The molecule has 98 valence electrons. The number of carbonyl (C=O) groups is 1. The van der Waals surface area contributed by atoms with E-state index in [1.807, 2.05) is 0 Å². The Bertz CT molecular complexity index is 449. The van der Waals surface area contributed by atoms with Gasteiger partial charge in [0.1, 0.15) is 18.0 Å². The summed E-state index contributed by atoms with van der Waals surface area (Å²) in [6.07, 6.45) is 2.96. The number of nitrogens with two attached hydrogens (primary N) is 1. The number of anilines is 2. The van der Waals surface area contributed by atoms with Crippen molar-refractivity contribution in [3.8, 4) is 0 Å². The van der Waals surface area contributed by atoms with Crippen LogP contribution in [0.25, 0.3) is 0 Å². The lowest BCUT2D eigenvalue weighted by Gasteiger charge is -2.34. The molecule has 18 heavy (non-hydrogen) atoms. The number of rotatable bonds is 4. The quantitative estimate of drug-likeness (QED) is 0.643. The van der Waals surface area contributed by atoms with Crippen LogP contribution in [-0.2, 0) is 14.9 Å². The molecule has 1 saturated carbocycles. The monoisotopic (exact) mass is 314 g/mol. The second kappa shape index (κ2) is 5.51. The van der Waals surface area contributed by atoms with Gasteiger partial charge in [-0.1, -0.05) is 15.9 Å². The van der Waals surface area contributed by atoms with E-state index in [2.05, 4.69) is 31.2 Å². The molecule has 6 nitrogen and oxygen atoms in total. The van der Waals surface area contributed by atoms with E-state index in [0.29, 0.717) is 11.1 Å². The van der Waals surface area contributed by atoms with Gasteiger partial charge in [-0.05, 0) is 12.8 Å². The van der Waals surface area contributed by atoms with Crippen molar-refractivity contribution < 1.29 is 9.53 Å². The van der Waals surface area contributed by atoms with Crippen LogP contribution in [0.15, 0.2) is 6.33 Å². The molecule has 1 aliphatic carbocycles. The minimum atomic E-state index is -0.143. The van der Waals surface area contributed by atoms with Crippen LogP contribution in [0.5, 0.6) is 0 Å². The molecule has 0 unspecified atom stereocenters. The Morgan fingerprint density at radius 2 is 2.33 bits per heavy atom. The van der Waals surface area contributed by atoms with Gasteiger partial charge >= 0.3 is 5.97 Å². The molecule has 0 radical (unpaired) electrons. The van der Waals surface area contributed by atoms with Crippen LogP contribution in [0.4, 0.5) is 11.6 Å². The first-order chi connectivity index (χ1) is 8.65. The van der Waals surface area contributed by atoms with Crippen molar-refractivity contribution in [3.05, 3.63) is 11.9 Å². The molecule has 3 N–H and O–H groups in total. The summed E-state index contributed by atoms with van der Waals surface area (Å²) in [6.45, 7) is 0. The number of ether oxygens (including phenoxy) is 1. The Balaban J connectivity index is 1.96. The van der Waals surface area contributed by atoms with Crippen molar-refractivity contribution in [1.82, 2.24) is 9.97 Å². The van der Waals surface area contributed by atoms with Crippen molar-refractivity contribution in [2.75, 3.05) is 18.2 Å². The molecule has 0 amide bonds. The van der Waals surface area contributed by atoms with E-state index < -0.39 is 0 Å². The predicted octanol–water partition coefficient (Wildman–Crippen LogP) is 1.32. The molecule has 0 aromatic carbocycles. The molecule has 7 heteroatoms. The van der Waals surface area contributed by atoms with Crippen LogP contribution >= 0.6 is 15.9 Å². The lowest BCUT2D eigenvalue weighted by molar-refractivity contribution is -0.148. The Labute approximate surface area is 113 Å². The molecule has 1 aromatic rings. The third-order valence-electron chi connectivity index (χ3n) is 3.13. The van der Waals surface area contributed by atoms with Crippen molar-refractivity contribution in [2.24, 2.45) is 5.92 Å². The van der Waals surface area contributed by atoms with Gasteiger partial charge < -0.3 is 15.8 Å². The van der Waals surface area contributed by atoms with Gasteiger partial charge in [0, 0.05) is 16.9 Å². The SMILES string of the molecule is COC(=O)C1CC(Nc2ncnc(N)c2CBr)C1. The van der Waals surface area contributed by atoms with Crippen molar-refractivity contribution in [2.45, 2.75) is 24.2 Å². The zero-order valence-electron chi connectivity index (χ0n) is 10.0. The smallest absolute Gasteiger partial charge is 0.308 e. The predicted molar refractivity (Wildman–Crippen MR) is 71.2 cm³/mol. The normalized spacial score (nSPS) is 22.1. The Morgan fingerprint density at radius 1 is 1.61 bits per heavy atom. The molecule has 0 atom stereocenters. The van der Waals surface area contributed by atoms with Crippen LogP contribution in [-0.4, -0.2) is 29.1 Å². The van der Waals surface area contributed by atoms with Crippen molar-refractivity contribution in [3.63, 3.8) is 0 Å². The van der Waals surface area contributed by atoms with Crippen molar-refractivity contribution in [1.29, 1.82) is 0 Å². The average Bonchev–Trinajstić information content (AvgIpc) is 2.32. The summed E-state index contributed by atoms with van der Waals surface area (Å²) in [5.41, 5.74) is 6.62. The van der Waals surface area contributed by atoms with Crippen LogP contribution in [0.1, 0.15) is 18.4 Å². The summed E-state index contributed by atoms with van der Waals surface area (Å²) >= 11 is 3.36. The number of carbonyl (C=O) groups excluding carboxylic acids is 1. The van der Waals surface area contributed by atoms with Gasteiger partial charge in [0.2, 0.25) is 0 Å². The number of nitrogens with zero attached hydrogens (tertiary/aromatic N) is 2. The van der Waals surface area contributed by atoms with Gasteiger partial charge in [-0.2, -0.15) is 0 Å². The fourth-order valence-corrected chi connectivity index (χ4v) is 2.52. The van der Waals surface area contributed by atoms with E-state index in [4.69, 9.17) is 10.5 Å². The highest BCUT2D eigenvalue weighted by molar-refractivity contribution is 9.08. The number of nitrogen functional groups attached to an aromatic ring is 1. The van der Waals surface area contributed by atoms with Gasteiger partial charge in [-0.3, -0.25) is 4.79 Å². The third-order valence-corrected chi connectivity index (χ3v) is 3.69. The summed E-state index contributed by atoms with van der Waals surface area (Å²) in [5.74, 6) is 1.05. The first-order valence-corrected chi connectivity index (χ1v) is 6.77. The summed E-state index contributed by atoms with van der Waals surface area (Å²) in [7, 11) is 1.41. The van der Waals surface area contributed by atoms with E-state index in [9.17, 15) is 4.79 Å². The van der Waals surface area contributed by atoms with E-state index in [1.54, 1.807) is 0 Å². The maximum Gasteiger partial charge on any atom is 0.308 e. The lowest BCUT2D eigenvalue weighted by atomic mass is 9.80. The number of hydrogen-bond acceptors (Lipinski definition) is 6. The molecule has 1 aromatic heterocycles. The molecule has 2 rings (SSSR count). The van der Waals surface area contributed by atoms with Gasteiger partial charge in [-0.15, -0.1) is 0 Å². The average molecular weight is 315 g/mol. The van der Waals surface area contributed by atoms with Crippen LogP contribution in [0, 0.1) is 5.92 Å². The highest BCUT2D eigenvalue weighted by Crippen LogP contribution is 2.32. The first-order valence-electron chi connectivity index (χ1n) is 5.65. The summed E-state index contributed by atoms with van der Waals surface area (Å²) in [6, 6.07) is 0.237. The van der Waals surface area contributed by atoms with Crippen LogP contribution in [0.2, 0.25) is 0 Å². The third kappa shape index (κ3) is 2.55. The van der Waals surface area contributed by atoms with Crippen LogP contribution in [0.3, 0.4) is 0 Å². The van der Waals surface area contributed by atoms with Crippen LogP contribution < -0.4 is 11.1 Å². The second-order valence-corrected chi connectivity index (χ2v) is 4.81. The Hall–Kier alpha value is -1.37. The summed E-state index contributed by atoms with van der Waals surface area (Å²) < 4.78 is 4.70. The molecule has 0 saturated heterocycles. The molecular weight excluding hydrogens is 300 g/mol. The number of halogens is 1. The molecule has 1 fully saturated rings.